The fourth-order valence-electron chi connectivity index (χ4n) is 7.44. The number of esters is 1. The number of likely N-dealkylation sites (tertiary alicyclic amines) is 1. The van der Waals surface area contributed by atoms with E-state index < -0.39 is 59.6 Å². The maximum Gasteiger partial charge on any atom is 0.313 e. The summed E-state index contributed by atoms with van der Waals surface area (Å²) in [5.74, 6) is -3.70. The molecule has 8 atom stereocenters. The number of nitrogens with zero attached hydrogens (tertiary/aromatic N) is 2. The van der Waals surface area contributed by atoms with Gasteiger partial charge in [-0.3, -0.25) is 19.2 Å². The van der Waals surface area contributed by atoms with Crippen molar-refractivity contribution in [2.24, 2.45) is 11.8 Å². The van der Waals surface area contributed by atoms with Gasteiger partial charge in [0, 0.05) is 26.6 Å². The zero-order valence-corrected chi connectivity index (χ0v) is 27.0. The summed E-state index contributed by atoms with van der Waals surface area (Å²) in [5.41, 5.74) is -0.788. The smallest absolute Gasteiger partial charge is 0.313 e. The number of nitrogens with one attached hydrogen (secondary N) is 1. The molecule has 4 heterocycles. The number of rotatable bonds is 10. The lowest BCUT2D eigenvalue weighted by molar-refractivity contribution is -0.163. The van der Waals surface area contributed by atoms with Crippen LogP contribution in [0.1, 0.15) is 64.0 Å². The van der Waals surface area contributed by atoms with E-state index in [1.807, 2.05) is 43.3 Å². The van der Waals surface area contributed by atoms with Crippen LogP contribution < -0.4 is 5.32 Å². The Balaban J connectivity index is 1.60. The van der Waals surface area contributed by atoms with Crippen LogP contribution in [0.25, 0.3) is 0 Å². The standard InChI is InChI=1S/C35H47N3O8/c1-4-6-12-19-37-20-13-18-35-29(32(41)38(24(5-2)21-39)31(35)33(37)42)28-26(46-35)16-10-11-17-27(40)36-25(22-44-3)30(45-34(28)43)23-14-8-7-9-15-23/h7-10,13-16,18,24-26,28-31,39H,4-6,11-12,17,19-22H2,1-3H3,(H,36,40)/b16-10-/t24-,25-,26-,28+,29+,30-,31-,35+/m0/s1. The number of unbranched alkanes of at least 4 members (excludes halogenated alkanes) is 2. The highest BCUT2D eigenvalue weighted by atomic mass is 16.6. The molecule has 0 bridgehead atoms. The SMILES string of the molecule is CCCCCN1CC=C[C@@]23O[C@H]4/C=C\CCC(=O)N[C@@H](COC)[C@H](c5ccccc5)OC(=O)[C@H]4[C@@H]2C(=O)N([C@@H](CC)CO)[C@H]3C1=O. The van der Waals surface area contributed by atoms with E-state index in [9.17, 15) is 24.3 Å². The molecule has 2 fully saturated rings. The summed E-state index contributed by atoms with van der Waals surface area (Å²) < 4.78 is 18.5. The molecule has 0 unspecified atom stereocenters. The minimum atomic E-state index is -1.45. The van der Waals surface area contributed by atoms with Crippen molar-refractivity contribution in [3.63, 3.8) is 0 Å². The van der Waals surface area contributed by atoms with Gasteiger partial charge >= 0.3 is 5.97 Å². The lowest BCUT2D eigenvalue weighted by atomic mass is 9.77. The highest BCUT2D eigenvalue weighted by Gasteiger charge is 2.72. The molecule has 1 aromatic carbocycles. The maximum atomic E-state index is 14.6. The van der Waals surface area contributed by atoms with E-state index in [1.165, 1.54) is 12.0 Å². The number of benzene rings is 1. The van der Waals surface area contributed by atoms with Crippen molar-refractivity contribution in [3.05, 3.63) is 60.2 Å². The van der Waals surface area contributed by atoms with Crippen LogP contribution >= 0.6 is 0 Å². The quantitative estimate of drug-likeness (QED) is 0.227. The number of carbonyl (C=O) groups is 4. The molecule has 46 heavy (non-hydrogen) atoms. The second-order valence-corrected chi connectivity index (χ2v) is 12.6. The van der Waals surface area contributed by atoms with Crippen molar-refractivity contribution in [2.45, 2.75) is 88.3 Å². The number of allylic oxidation sites excluding steroid dienone is 1. The Morgan fingerprint density at radius 3 is 2.57 bits per heavy atom. The van der Waals surface area contributed by atoms with Crippen LogP contribution in [-0.4, -0.2) is 102 Å². The van der Waals surface area contributed by atoms with Gasteiger partial charge in [0.15, 0.2) is 0 Å². The molecule has 1 spiro atoms. The first-order valence-corrected chi connectivity index (χ1v) is 16.6. The fourth-order valence-corrected chi connectivity index (χ4v) is 7.44. The normalized spacial score (nSPS) is 32.8. The average Bonchev–Trinajstić information content (AvgIpc) is 3.44. The van der Waals surface area contributed by atoms with Crippen molar-refractivity contribution < 1.29 is 38.5 Å². The lowest BCUT2D eigenvalue weighted by Gasteiger charge is -2.38. The second kappa shape index (κ2) is 14.9. The van der Waals surface area contributed by atoms with Gasteiger partial charge < -0.3 is 34.4 Å². The molecule has 11 nitrogen and oxygen atoms in total. The third-order valence-corrected chi connectivity index (χ3v) is 9.69. The first-order valence-electron chi connectivity index (χ1n) is 16.6. The monoisotopic (exact) mass is 637 g/mol. The number of hydrogen-bond donors (Lipinski definition) is 2. The van der Waals surface area contributed by atoms with Gasteiger partial charge in [-0.05, 0) is 24.8 Å². The zero-order valence-electron chi connectivity index (χ0n) is 27.0. The topological polar surface area (TPSA) is 135 Å². The van der Waals surface area contributed by atoms with Crippen LogP contribution in [0.2, 0.25) is 0 Å². The molecule has 1 aromatic rings. The number of aliphatic hydroxyl groups is 1. The minimum Gasteiger partial charge on any atom is -0.455 e. The average molecular weight is 638 g/mol. The zero-order chi connectivity index (χ0) is 32.8. The molecule has 11 heteroatoms. The van der Waals surface area contributed by atoms with Gasteiger partial charge in [0.1, 0.15) is 23.7 Å². The van der Waals surface area contributed by atoms with Crippen LogP contribution in [-0.2, 0) is 33.4 Å². The first kappa shape index (κ1) is 33.8. The molecule has 4 aliphatic heterocycles. The lowest BCUT2D eigenvalue weighted by Crippen LogP contribution is -2.58. The van der Waals surface area contributed by atoms with Crippen LogP contribution in [0, 0.1) is 11.8 Å². The van der Waals surface area contributed by atoms with Gasteiger partial charge in [0.25, 0.3) is 0 Å². The third-order valence-electron chi connectivity index (χ3n) is 9.69. The second-order valence-electron chi connectivity index (χ2n) is 12.6. The number of amides is 3. The molecule has 2 N–H and O–H groups in total. The Hall–Kier alpha value is -3.54. The Morgan fingerprint density at radius 2 is 1.87 bits per heavy atom. The number of hydrogen-bond acceptors (Lipinski definition) is 8. The molecule has 5 rings (SSSR count). The van der Waals surface area contributed by atoms with E-state index in [0.717, 1.165) is 19.3 Å². The van der Waals surface area contributed by atoms with Crippen molar-refractivity contribution in [1.82, 2.24) is 15.1 Å². The molecule has 0 radical (unpaired) electrons. The number of aliphatic hydroxyl groups excluding tert-OH is 1. The largest absolute Gasteiger partial charge is 0.455 e. The fraction of sp³-hybridized carbons (Fsp3) is 0.600. The van der Waals surface area contributed by atoms with Gasteiger partial charge in [-0.15, -0.1) is 0 Å². The Bertz CT molecular complexity index is 1310. The van der Waals surface area contributed by atoms with Crippen LogP contribution in [0.5, 0.6) is 0 Å². The molecule has 0 saturated carbocycles. The number of methoxy groups -OCH3 is 1. The van der Waals surface area contributed by atoms with Gasteiger partial charge in [0.2, 0.25) is 17.7 Å². The number of fused-ring (bicyclic) bond motifs is 2. The van der Waals surface area contributed by atoms with E-state index in [0.29, 0.717) is 31.5 Å². The molecule has 3 amide bonds. The number of carbonyl (C=O) groups excluding carboxylic acids is 4. The highest BCUT2D eigenvalue weighted by Crippen LogP contribution is 2.54. The third kappa shape index (κ3) is 6.37. The summed E-state index contributed by atoms with van der Waals surface area (Å²) in [6, 6.07) is 6.73. The van der Waals surface area contributed by atoms with Gasteiger partial charge in [-0.25, -0.2) is 0 Å². The van der Waals surface area contributed by atoms with Crippen molar-refractivity contribution >= 4 is 23.7 Å². The van der Waals surface area contributed by atoms with Gasteiger partial charge in [-0.1, -0.05) is 81.3 Å². The van der Waals surface area contributed by atoms with Crippen LogP contribution in [0.15, 0.2) is 54.6 Å². The van der Waals surface area contributed by atoms with Crippen LogP contribution in [0.4, 0.5) is 0 Å². The summed E-state index contributed by atoms with van der Waals surface area (Å²) in [6.45, 7) is 4.59. The summed E-state index contributed by atoms with van der Waals surface area (Å²) >= 11 is 0. The molecule has 2 saturated heterocycles. The maximum absolute atomic E-state index is 14.6. The molecule has 0 aromatic heterocycles. The molecule has 4 aliphatic rings. The van der Waals surface area contributed by atoms with Crippen molar-refractivity contribution in [2.75, 3.05) is 33.4 Å². The van der Waals surface area contributed by atoms with E-state index in [1.54, 1.807) is 23.1 Å². The molecule has 250 valence electrons. The Labute approximate surface area is 270 Å². The van der Waals surface area contributed by atoms with Crippen LogP contribution in [0.3, 0.4) is 0 Å². The summed E-state index contributed by atoms with van der Waals surface area (Å²) in [6.07, 6.45) is 9.13. The highest BCUT2D eigenvalue weighted by molar-refractivity contribution is 5.99. The van der Waals surface area contributed by atoms with Crippen molar-refractivity contribution in [3.8, 4) is 0 Å². The molecule has 0 aliphatic carbocycles. The predicted molar refractivity (Wildman–Crippen MR) is 169 cm³/mol. The van der Waals surface area contributed by atoms with Gasteiger partial charge in [0.05, 0.1) is 37.3 Å². The molecular weight excluding hydrogens is 590 g/mol. The summed E-state index contributed by atoms with van der Waals surface area (Å²) in [7, 11) is 1.51. The van der Waals surface area contributed by atoms with E-state index in [-0.39, 0.29) is 31.4 Å². The minimum absolute atomic E-state index is 0.0843. The Morgan fingerprint density at radius 1 is 1.09 bits per heavy atom. The number of ether oxygens (including phenoxy) is 3. The summed E-state index contributed by atoms with van der Waals surface area (Å²) in [4.78, 5) is 59.6. The van der Waals surface area contributed by atoms with E-state index in [4.69, 9.17) is 14.2 Å². The molecular formula is C35H47N3O8. The van der Waals surface area contributed by atoms with Gasteiger partial charge in [-0.2, -0.15) is 0 Å². The van der Waals surface area contributed by atoms with Crippen molar-refractivity contribution in [1.29, 1.82) is 0 Å². The first-order chi connectivity index (χ1) is 22.3. The Kier molecular flexibility index (Phi) is 11.0. The number of cyclic esters (lactones) is 1. The summed E-state index contributed by atoms with van der Waals surface area (Å²) in [5, 5.41) is 13.3. The van der Waals surface area contributed by atoms with E-state index >= 15 is 0 Å². The predicted octanol–water partition coefficient (Wildman–Crippen LogP) is 2.69. The van der Waals surface area contributed by atoms with E-state index in [2.05, 4.69) is 12.2 Å².